The molecule has 0 spiro atoms. The van der Waals surface area contributed by atoms with Gasteiger partial charge in [0.2, 0.25) is 5.28 Å². The summed E-state index contributed by atoms with van der Waals surface area (Å²) < 4.78 is 4.88. The van der Waals surface area contributed by atoms with Gasteiger partial charge in [0.25, 0.3) is 6.29 Å². The molecule has 0 amide bonds. The molecule has 0 saturated carbocycles. The SMILES string of the molecule is CC(O/N=[N+](\[O-])N1CCC(C(=O)O)CC1)OC(=O)C(C)C. The second kappa shape index (κ2) is 7.65. The maximum atomic E-state index is 11.7. The molecule has 1 fully saturated rings. The summed E-state index contributed by atoms with van der Waals surface area (Å²) in [6.07, 6.45) is -0.212. The molecule has 1 aliphatic heterocycles. The molecular weight excluding hydrogens is 282 g/mol. The predicted octanol–water partition coefficient (Wildman–Crippen LogP) is 1.14. The van der Waals surface area contributed by atoms with Gasteiger partial charge in [-0.2, -0.15) is 0 Å². The largest absolute Gasteiger partial charge is 0.569 e. The third kappa shape index (κ3) is 5.44. The van der Waals surface area contributed by atoms with Crippen LogP contribution >= 0.6 is 0 Å². The number of ether oxygens (including phenoxy) is 1. The van der Waals surface area contributed by atoms with Gasteiger partial charge in [-0.3, -0.25) is 14.4 Å². The first-order chi connectivity index (χ1) is 9.81. The summed E-state index contributed by atoms with van der Waals surface area (Å²) in [6, 6.07) is 0. The summed E-state index contributed by atoms with van der Waals surface area (Å²) >= 11 is 0. The lowest BCUT2D eigenvalue weighted by Gasteiger charge is -2.25. The Kier molecular flexibility index (Phi) is 6.19. The summed E-state index contributed by atoms with van der Waals surface area (Å²) in [7, 11) is 0. The number of aliphatic carboxylic acids is 1. The smallest absolute Gasteiger partial charge is 0.311 e. The number of carbonyl (C=O) groups is 2. The number of carboxylic acid groups (broad SMARTS) is 1. The molecule has 120 valence electrons. The van der Waals surface area contributed by atoms with Crippen molar-refractivity contribution in [3.05, 3.63) is 5.21 Å². The first-order valence-electron chi connectivity index (χ1n) is 6.83. The minimum absolute atomic E-state index is 0.262. The molecule has 0 aromatic rings. The first kappa shape index (κ1) is 17.0. The van der Waals surface area contributed by atoms with Crippen molar-refractivity contribution in [2.45, 2.75) is 39.9 Å². The summed E-state index contributed by atoms with van der Waals surface area (Å²) in [6.45, 7) is 5.38. The quantitative estimate of drug-likeness (QED) is 0.257. The molecule has 1 unspecified atom stereocenters. The third-order valence-corrected chi connectivity index (χ3v) is 3.08. The Morgan fingerprint density at radius 2 is 1.90 bits per heavy atom. The second-order valence-corrected chi connectivity index (χ2v) is 5.17. The highest BCUT2D eigenvalue weighted by Gasteiger charge is 2.28. The number of hydrazine groups is 1. The highest BCUT2D eigenvalue weighted by atomic mass is 16.8. The summed E-state index contributed by atoms with van der Waals surface area (Å²) in [4.78, 5) is 27.1. The zero-order valence-electron chi connectivity index (χ0n) is 12.4. The summed E-state index contributed by atoms with van der Waals surface area (Å²) in [5, 5.41) is 25.2. The van der Waals surface area contributed by atoms with Crippen LogP contribution in [0.5, 0.6) is 0 Å². The van der Waals surface area contributed by atoms with Gasteiger partial charge in [0.05, 0.1) is 29.9 Å². The normalized spacial score (nSPS) is 18.5. The fourth-order valence-corrected chi connectivity index (χ4v) is 1.76. The Labute approximate surface area is 122 Å². The Morgan fingerprint density at radius 1 is 1.33 bits per heavy atom. The van der Waals surface area contributed by atoms with E-state index in [4.69, 9.17) is 14.7 Å². The number of rotatable bonds is 6. The van der Waals surface area contributed by atoms with E-state index >= 15 is 0 Å². The molecule has 0 aromatic carbocycles. The molecule has 0 radical (unpaired) electrons. The van der Waals surface area contributed by atoms with Gasteiger partial charge in [0.15, 0.2) is 0 Å². The van der Waals surface area contributed by atoms with E-state index in [1.807, 2.05) is 0 Å². The van der Waals surface area contributed by atoms with E-state index in [1.165, 1.54) is 11.9 Å². The number of nitrogens with zero attached hydrogens (tertiary/aromatic N) is 3. The number of hydrogen-bond acceptors (Lipinski definition) is 6. The molecule has 9 heteroatoms. The lowest BCUT2D eigenvalue weighted by molar-refractivity contribution is -0.715. The van der Waals surface area contributed by atoms with Gasteiger partial charge in [-0.05, 0) is 12.8 Å². The topological polar surface area (TPSA) is 114 Å². The highest BCUT2D eigenvalue weighted by Crippen LogP contribution is 2.17. The summed E-state index contributed by atoms with van der Waals surface area (Å²) in [5.74, 6) is -2.03. The molecule has 1 rings (SSSR count). The van der Waals surface area contributed by atoms with Gasteiger partial charge >= 0.3 is 11.9 Å². The zero-order chi connectivity index (χ0) is 16.0. The van der Waals surface area contributed by atoms with Gasteiger partial charge in [-0.1, -0.05) is 13.8 Å². The van der Waals surface area contributed by atoms with Crippen LogP contribution in [-0.2, 0) is 19.2 Å². The average molecular weight is 303 g/mol. The molecule has 0 aromatic heterocycles. The molecule has 1 saturated heterocycles. The Bertz CT molecular complexity index is 404. The number of carbonyl (C=O) groups excluding carboxylic acids is 1. The van der Waals surface area contributed by atoms with E-state index in [0.717, 1.165) is 0 Å². The van der Waals surface area contributed by atoms with Crippen molar-refractivity contribution in [2.75, 3.05) is 13.1 Å². The molecular formula is C12H21N3O6. The Morgan fingerprint density at radius 3 is 2.38 bits per heavy atom. The van der Waals surface area contributed by atoms with Gasteiger partial charge in [-0.25, -0.2) is 0 Å². The van der Waals surface area contributed by atoms with Crippen molar-refractivity contribution < 1.29 is 29.2 Å². The Balaban J connectivity index is 2.40. The molecule has 0 aliphatic carbocycles. The van der Waals surface area contributed by atoms with E-state index in [1.54, 1.807) is 13.8 Å². The molecule has 1 heterocycles. The van der Waals surface area contributed by atoms with Crippen LogP contribution in [-0.4, -0.2) is 46.4 Å². The minimum atomic E-state index is -0.965. The van der Waals surface area contributed by atoms with E-state index < -0.39 is 24.1 Å². The van der Waals surface area contributed by atoms with Crippen LogP contribution in [0.2, 0.25) is 0 Å². The predicted molar refractivity (Wildman–Crippen MR) is 69.5 cm³/mol. The maximum absolute atomic E-state index is 11.7. The number of carboxylic acids is 1. The molecule has 9 nitrogen and oxygen atoms in total. The lowest BCUT2D eigenvalue weighted by atomic mass is 9.98. The van der Waals surface area contributed by atoms with Crippen LogP contribution in [0.25, 0.3) is 0 Å². The Hall–Kier alpha value is -2.06. The molecule has 21 heavy (non-hydrogen) atoms. The first-order valence-corrected chi connectivity index (χ1v) is 6.83. The van der Waals surface area contributed by atoms with Crippen LogP contribution in [0.1, 0.15) is 33.6 Å². The molecule has 1 aliphatic rings. The van der Waals surface area contributed by atoms with Crippen LogP contribution in [0.15, 0.2) is 5.28 Å². The van der Waals surface area contributed by atoms with Crippen molar-refractivity contribution in [1.29, 1.82) is 0 Å². The second-order valence-electron chi connectivity index (χ2n) is 5.17. The fraction of sp³-hybridized carbons (Fsp3) is 0.833. The molecule has 0 bridgehead atoms. The molecule has 1 N–H and O–H groups in total. The average Bonchev–Trinajstić information content (AvgIpc) is 2.44. The van der Waals surface area contributed by atoms with Gasteiger partial charge in [-0.15, -0.1) is 5.01 Å². The highest BCUT2D eigenvalue weighted by molar-refractivity contribution is 5.71. The van der Waals surface area contributed by atoms with Gasteiger partial charge in [0.1, 0.15) is 0 Å². The fourth-order valence-electron chi connectivity index (χ4n) is 1.76. The third-order valence-electron chi connectivity index (χ3n) is 3.08. The van der Waals surface area contributed by atoms with E-state index in [-0.39, 0.29) is 24.0 Å². The van der Waals surface area contributed by atoms with Crippen LogP contribution in [0.4, 0.5) is 0 Å². The zero-order valence-corrected chi connectivity index (χ0v) is 12.4. The van der Waals surface area contributed by atoms with E-state index in [9.17, 15) is 14.8 Å². The standard InChI is InChI=1S/C12H21N3O6/c1-8(2)12(18)20-9(3)21-13-15(19)14-6-4-10(5-7-14)11(16)17/h8-10H,4-7H2,1-3H3,(H,16,17)/b15-13-. The van der Waals surface area contributed by atoms with E-state index in [2.05, 4.69) is 5.28 Å². The number of hydrogen-bond donors (Lipinski definition) is 1. The monoisotopic (exact) mass is 303 g/mol. The lowest BCUT2D eigenvalue weighted by Crippen LogP contribution is -2.40. The minimum Gasteiger partial charge on any atom is -0.569 e. The number of esters is 1. The van der Waals surface area contributed by atoms with Crippen molar-refractivity contribution >= 4 is 11.9 Å². The summed E-state index contributed by atoms with van der Waals surface area (Å²) in [5.41, 5.74) is 0. The van der Waals surface area contributed by atoms with Crippen LogP contribution < -0.4 is 0 Å². The maximum Gasteiger partial charge on any atom is 0.311 e. The van der Waals surface area contributed by atoms with Crippen molar-refractivity contribution in [3.8, 4) is 0 Å². The number of piperidine rings is 1. The van der Waals surface area contributed by atoms with Gasteiger partial charge < -0.3 is 15.1 Å². The van der Waals surface area contributed by atoms with E-state index in [0.29, 0.717) is 12.8 Å². The molecule has 1 atom stereocenters. The van der Waals surface area contributed by atoms with Crippen molar-refractivity contribution in [3.63, 3.8) is 0 Å². The van der Waals surface area contributed by atoms with Crippen LogP contribution in [0.3, 0.4) is 0 Å². The van der Waals surface area contributed by atoms with Gasteiger partial charge in [0, 0.05) is 6.92 Å². The van der Waals surface area contributed by atoms with Crippen LogP contribution in [0, 0.1) is 17.0 Å². The van der Waals surface area contributed by atoms with Crippen molar-refractivity contribution in [1.82, 2.24) is 5.01 Å². The van der Waals surface area contributed by atoms with Crippen molar-refractivity contribution in [2.24, 2.45) is 17.1 Å².